The summed E-state index contributed by atoms with van der Waals surface area (Å²) in [6.07, 6.45) is 0. The molecule has 0 heterocycles. The van der Waals surface area contributed by atoms with E-state index in [4.69, 9.17) is 0 Å². The summed E-state index contributed by atoms with van der Waals surface area (Å²) >= 11 is 0. The van der Waals surface area contributed by atoms with Gasteiger partial charge in [-0.3, -0.25) is 0 Å². The number of rotatable bonds is 1. The van der Waals surface area contributed by atoms with Crippen molar-refractivity contribution in [3.8, 4) is 23.7 Å². The van der Waals surface area contributed by atoms with Gasteiger partial charge in [0.1, 0.15) is 0 Å². The molecule has 2 radical (unpaired) electrons. The van der Waals surface area contributed by atoms with Crippen LogP contribution in [0.15, 0.2) is 0 Å². The van der Waals surface area contributed by atoms with E-state index in [1.54, 1.807) is 0 Å². The van der Waals surface area contributed by atoms with Crippen LogP contribution in [0.5, 0.6) is 0 Å². The molecular weight excluding hydrogens is 144 g/mol. The smallest absolute Gasteiger partial charge is 0.0418 e. The molecular formula is C12H16. The van der Waals surface area contributed by atoms with Gasteiger partial charge in [-0.25, -0.2) is 0 Å². The van der Waals surface area contributed by atoms with Crippen LogP contribution in [0, 0.1) is 48.4 Å². The second-order valence-electron chi connectivity index (χ2n) is 3.85. The Balaban J connectivity index is 4.91. The van der Waals surface area contributed by atoms with Crippen molar-refractivity contribution in [3.05, 3.63) is 13.8 Å². The molecule has 0 aromatic carbocycles. The Morgan fingerprint density at radius 3 is 1.17 bits per heavy atom. The highest BCUT2D eigenvalue weighted by molar-refractivity contribution is 5.24. The summed E-state index contributed by atoms with van der Waals surface area (Å²) in [4.78, 5) is 0. The van der Waals surface area contributed by atoms with Gasteiger partial charge in [-0.1, -0.05) is 11.8 Å². The molecule has 0 aliphatic carbocycles. The van der Waals surface area contributed by atoms with Crippen LogP contribution in [0.1, 0.15) is 27.7 Å². The molecule has 0 saturated heterocycles. The first-order chi connectivity index (χ1) is 5.37. The van der Waals surface area contributed by atoms with Gasteiger partial charge in [-0.2, -0.15) is 0 Å². The van der Waals surface area contributed by atoms with Crippen molar-refractivity contribution in [3.63, 3.8) is 0 Å². The molecule has 12 heavy (non-hydrogen) atoms. The van der Waals surface area contributed by atoms with Gasteiger partial charge in [0, 0.05) is 24.7 Å². The van der Waals surface area contributed by atoms with Crippen molar-refractivity contribution >= 4 is 0 Å². The van der Waals surface area contributed by atoms with Gasteiger partial charge in [-0.15, -0.1) is 11.8 Å². The number of hydrogen-bond donors (Lipinski definition) is 0. The Morgan fingerprint density at radius 1 is 0.750 bits per heavy atom. The molecule has 0 rings (SSSR count). The average molecular weight is 160 g/mol. The van der Waals surface area contributed by atoms with E-state index in [0.717, 1.165) is 0 Å². The van der Waals surface area contributed by atoms with Gasteiger partial charge < -0.3 is 0 Å². The van der Waals surface area contributed by atoms with Crippen LogP contribution >= 0.6 is 0 Å². The molecule has 0 aliphatic rings. The van der Waals surface area contributed by atoms with Crippen molar-refractivity contribution in [2.24, 2.45) is 10.8 Å². The fourth-order valence-electron chi connectivity index (χ4n) is 0.754. The predicted molar refractivity (Wildman–Crippen MR) is 53.8 cm³/mol. The van der Waals surface area contributed by atoms with E-state index < -0.39 is 0 Å². The summed E-state index contributed by atoms with van der Waals surface area (Å²) < 4.78 is 0. The molecule has 0 atom stereocenters. The molecule has 0 nitrogen and oxygen atoms in total. The first kappa shape index (κ1) is 11.1. The minimum Gasteiger partial charge on any atom is -0.102 e. The zero-order valence-electron chi connectivity index (χ0n) is 8.41. The zero-order chi connectivity index (χ0) is 9.83. The van der Waals surface area contributed by atoms with Crippen LogP contribution in [-0.4, -0.2) is 0 Å². The average Bonchev–Trinajstić information content (AvgIpc) is 1.86. The summed E-state index contributed by atoms with van der Waals surface area (Å²) in [5, 5.41) is 0. The highest BCUT2D eigenvalue weighted by Crippen LogP contribution is 2.36. The normalized spacial score (nSPS) is 10.8. The van der Waals surface area contributed by atoms with Crippen molar-refractivity contribution in [1.82, 2.24) is 0 Å². The molecule has 0 unspecified atom stereocenters. The van der Waals surface area contributed by atoms with E-state index in [1.165, 1.54) is 0 Å². The van der Waals surface area contributed by atoms with Crippen molar-refractivity contribution < 1.29 is 0 Å². The van der Waals surface area contributed by atoms with E-state index in [2.05, 4.69) is 65.2 Å². The maximum absolute atomic E-state index is 3.52. The third-order valence-electron chi connectivity index (χ3n) is 2.36. The fourth-order valence-corrected chi connectivity index (χ4v) is 0.754. The summed E-state index contributed by atoms with van der Waals surface area (Å²) in [5.74, 6) is 11.5. The topological polar surface area (TPSA) is 0 Å². The van der Waals surface area contributed by atoms with E-state index in [-0.39, 0.29) is 10.8 Å². The molecule has 0 bridgehead atoms. The first-order valence-electron chi connectivity index (χ1n) is 3.96. The van der Waals surface area contributed by atoms with Gasteiger partial charge >= 0.3 is 0 Å². The predicted octanol–water partition coefficient (Wildman–Crippen LogP) is 2.71. The Morgan fingerprint density at radius 2 is 1.00 bits per heavy atom. The molecule has 0 amide bonds. The highest BCUT2D eigenvalue weighted by Gasteiger charge is 2.33. The Kier molecular flexibility index (Phi) is 3.41. The largest absolute Gasteiger partial charge is 0.102 e. The van der Waals surface area contributed by atoms with Crippen molar-refractivity contribution in [2.45, 2.75) is 27.7 Å². The molecule has 0 heteroatoms. The molecule has 0 aromatic heterocycles. The highest BCUT2D eigenvalue weighted by atomic mass is 14.3. The minimum atomic E-state index is -0.139. The second kappa shape index (κ2) is 3.68. The standard InChI is InChI=1S/C12H16/c1-7-9-11(3,4)12(5,6)10-8-2/h1-2H2,3-6H3. The zero-order valence-corrected chi connectivity index (χ0v) is 8.41. The molecule has 0 spiro atoms. The molecule has 0 fully saturated rings. The van der Waals surface area contributed by atoms with E-state index in [9.17, 15) is 0 Å². The van der Waals surface area contributed by atoms with Gasteiger partial charge in [0.05, 0.1) is 0 Å². The van der Waals surface area contributed by atoms with Gasteiger partial charge in [0.15, 0.2) is 0 Å². The fraction of sp³-hybridized carbons (Fsp3) is 0.500. The lowest BCUT2D eigenvalue weighted by Gasteiger charge is -2.32. The molecule has 0 aromatic rings. The van der Waals surface area contributed by atoms with E-state index in [0.29, 0.717) is 0 Å². The van der Waals surface area contributed by atoms with Gasteiger partial charge in [-0.05, 0) is 27.7 Å². The van der Waals surface area contributed by atoms with Crippen LogP contribution in [0.4, 0.5) is 0 Å². The van der Waals surface area contributed by atoms with Crippen molar-refractivity contribution in [1.29, 1.82) is 0 Å². The van der Waals surface area contributed by atoms with Crippen molar-refractivity contribution in [2.75, 3.05) is 0 Å². The minimum absolute atomic E-state index is 0.139. The maximum Gasteiger partial charge on any atom is 0.0418 e. The first-order valence-corrected chi connectivity index (χ1v) is 3.96. The summed E-state index contributed by atoms with van der Waals surface area (Å²) in [6.45, 7) is 15.3. The number of hydrogen-bond acceptors (Lipinski definition) is 0. The third-order valence-corrected chi connectivity index (χ3v) is 2.36. The lowest BCUT2D eigenvalue weighted by atomic mass is 9.69. The maximum atomic E-state index is 3.52. The van der Waals surface area contributed by atoms with Gasteiger partial charge in [0.25, 0.3) is 0 Å². The quantitative estimate of drug-likeness (QED) is 0.517. The summed E-state index contributed by atoms with van der Waals surface area (Å²) in [5.41, 5.74) is -0.279. The van der Waals surface area contributed by atoms with E-state index in [1.807, 2.05) is 0 Å². The van der Waals surface area contributed by atoms with Crippen LogP contribution in [0.25, 0.3) is 0 Å². The second-order valence-corrected chi connectivity index (χ2v) is 3.85. The lowest BCUT2D eigenvalue weighted by Crippen LogP contribution is -2.29. The van der Waals surface area contributed by atoms with Crippen LogP contribution in [0.3, 0.4) is 0 Å². The molecule has 0 N–H and O–H groups in total. The van der Waals surface area contributed by atoms with Crippen LogP contribution < -0.4 is 0 Å². The SMILES string of the molecule is [CH2]C#CC(C)(C)C(C)(C)C#C[CH2]. The molecule has 64 valence electrons. The summed E-state index contributed by atoms with van der Waals surface area (Å²) in [6, 6.07) is 0. The van der Waals surface area contributed by atoms with Gasteiger partial charge in [0.2, 0.25) is 0 Å². The Bertz CT molecular complexity index is 228. The lowest BCUT2D eigenvalue weighted by molar-refractivity contribution is 0.260. The monoisotopic (exact) mass is 160 g/mol. The molecule has 0 aliphatic heterocycles. The Labute approximate surface area is 76.8 Å². The van der Waals surface area contributed by atoms with Crippen LogP contribution in [0.2, 0.25) is 0 Å². The van der Waals surface area contributed by atoms with Crippen LogP contribution in [-0.2, 0) is 0 Å². The Hall–Kier alpha value is -0.880. The van der Waals surface area contributed by atoms with E-state index >= 15 is 0 Å². The third kappa shape index (κ3) is 2.31. The summed E-state index contributed by atoms with van der Waals surface area (Å²) in [7, 11) is 0. The molecule has 0 saturated carbocycles.